The van der Waals surface area contributed by atoms with Crippen LogP contribution in [0.15, 0.2) is 30.5 Å². The van der Waals surface area contributed by atoms with Crippen molar-refractivity contribution in [2.24, 2.45) is 0 Å². The summed E-state index contributed by atoms with van der Waals surface area (Å²) in [4.78, 5) is 17.6. The largest absolute Gasteiger partial charge is 0.493 e. The number of nitrogens with one attached hydrogen (secondary N) is 1. The second kappa shape index (κ2) is 6.78. The van der Waals surface area contributed by atoms with Crippen molar-refractivity contribution in [3.8, 4) is 11.5 Å². The molecule has 0 fully saturated rings. The highest BCUT2D eigenvalue weighted by molar-refractivity contribution is 5.87. The van der Waals surface area contributed by atoms with E-state index in [2.05, 4.69) is 21.3 Å². The summed E-state index contributed by atoms with van der Waals surface area (Å²) in [5.41, 5.74) is 3.54. The Bertz CT molecular complexity index is 744. The smallest absolute Gasteiger partial charge is 0.222 e. The fourth-order valence-corrected chi connectivity index (χ4v) is 2.93. The predicted molar refractivity (Wildman–Crippen MR) is 92.8 cm³/mol. The maximum absolute atomic E-state index is 11.1. The molecule has 1 aromatic heterocycles. The number of benzene rings is 1. The van der Waals surface area contributed by atoms with Crippen molar-refractivity contribution in [3.05, 3.63) is 41.6 Å². The lowest BCUT2D eigenvalue weighted by atomic mass is 9.98. The lowest BCUT2D eigenvalue weighted by Gasteiger charge is -2.31. The molecule has 2 heterocycles. The molecule has 0 saturated heterocycles. The number of carbonyl (C=O) groups excluding carboxylic acids is 1. The molecular formula is C18H21N3O3. The summed E-state index contributed by atoms with van der Waals surface area (Å²) in [6.45, 7) is 3.17. The molecule has 0 atom stereocenters. The van der Waals surface area contributed by atoms with E-state index >= 15 is 0 Å². The molecule has 0 bridgehead atoms. The number of ether oxygens (including phenoxy) is 2. The van der Waals surface area contributed by atoms with Crippen molar-refractivity contribution in [1.29, 1.82) is 0 Å². The van der Waals surface area contributed by atoms with Crippen molar-refractivity contribution in [2.75, 3.05) is 31.0 Å². The number of anilines is 2. The number of methoxy groups -OCH3 is 2. The zero-order chi connectivity index (χ0) is 17.1. The summed E-state index contributed by atoms with van der Waals surface area (Å²) in [5.74, 6) is 1.96. The van der Waals surface area contributed by atoms with Crippen LogP contribution < -0.4 is 19.7 Å². The number of amides is 1. The van der Waals surface area contributed by atoms with Crippen molar-refractivity contribution in [3.63, 3.8) is 0 Å². The average Bonchev–Trinajstić information content (AvgIpc) is 2.60. The van der Waals surface area contributed by atoms with Gasteiger partial charge < -0.3 is 19.7 Å². The molecule has 0 spiro atoms. The van der Waals surface area contributed by atoms with E-state index in [1.165, 1.54) is 18.1 Å². The third kappa shape index (κ3) is 3.27. The van der Waals surface area contributed by atoms with Crippen LogP contribution in [0.5, 0.6) is 11.5 Å². The Morgan fingerprint density at radius 1 is 1.17 bits per heavy atom. The molecule has 126 valence electrons. The van der Waals surface area contributed by atoms with Gasteiger partial charge in [-0.15, -0.1) is 0 Å². The molecular weight excluding hydrogens is 306 g/mol. The molecule has 2 aromatic rings. The predicted octanol–water partition coefficient (Wildman–Crippen LogP) is 2.62. The molecule has 1 aliphatic heterocycles. The minimum Gasteiger partial charge on any atom is -0.493 e. The van der Waals surface area contributed by atoms with Gasteiger partial charge in [-0.1, -0.05) is 0 Å². The van der Waals surface area contributed by atoms with Crippen LogP contribution in [0.3, 0.4) is 0 Å². The fraction of sp³-hybridized carbons (Fsp3) is 0.333. The van der Waals surface area contributed by atoms with Crippen molar-refractivity contribution in [2.45, 2.75) is 19.9 Å². The number of nitrogens with zero attached hydrogens (tertiary/aromatic N) is 2. The van der Waals surface area contributed by atoms with Crippen molar-refractivity contribution >= 4 is 17.4 Å². The normalized spacial score (nSPS) is 13.2. The molecule has 1 aliphatic rings. The van der Waals surface area contributed by atoms with Gasteiger partial charge in [0.05, 0.1) is 26.1 Å². The highest BCUT2D eigenvalue weighted by atomic mass is 16.5. The summed E-state index contributed by atoms with van der Waals surface area (Å²) >= 11 is 0. The zero-order valence-electron chi connectivity index (χ0n) is 14.1. The summed E-state index contributed by atoms with van der Waals surface area (Å²) in [6.07, 6.45) is 2.72. The Labute approximate surface area is 141 Å². The van der Waals surface area contributed by atoms with Crippen LogP contribution in [0.4, 0.5) is 11.5 Å². The summed E-state index contributed by atoms with van der Waals surface area (Å²) in [6, 6.07) is 7.90. The summed E-state index contributed by atoms with van der Waals surface area (Å²) < 4.78 is 10.8. The highest BCUT2D eigenvalue weighted by Gasteiger charge is 2.20. The van der Waals surface area contributed by atoms with Gasteiger partial charge in [-0.25, -0.2) is 4.98 Å². The number of aromatic nitrogens is 1. The SMILES string of the molecule is COc1cc2c(cc1OC)CN(c1ccc(NC(C)=O)nc1)CC2. The van der Waals surface area contributed by atoms with Crippen LogP contribution in [0.2, 0.25) is 0 Å². The molecule has 6 nitrogen and oxygen atoms in total. The van der Waals surface area contributed by atoms with Crippen molar-refractivity contribution in [1.82, 2.24) is 4.98 Å². The van der Waals surface area contributed by atoms with E-state index in [0.29, 0.717) is 5.82 Å². The molecule has 3 rings (SSSR count). The first-order chi connectivity index (χ1) is 11.6. The lowest BCUT2D eigenvalue weighted by Crippen LogP contribution is -2.30. The second-order valence-electron chi connectivity index (χ2n) is 5.73. The van der Waals surface area contributed by atoms with E-state index in [4.69, 9.17) is 9.47 Å². The zero-order valence-corrected chi connectivity index (χ0v) is 14.1. The Morgan fingerprint density at radius 3 is 2.46 bits per heavy atom. The van der Waals surface area contributed by atoms with Crippen LogP contribution in [-0.4, -0.2) is 31.7 Å². The van der Waals surface area contributed by atoms with Gasteiger partial charge in [0.25, 0.3) is 0 Å². The molecule has 0 saturated carbocycles. The number of hydrogen-bond acceptors (Lipinski definition) is 5. The van der Waals surface area contributed by atoms with Crippen LogP contribution in [0.25, 0.3) is 0 Å². The fourth-order valence-electron chi connectivity index (χ4n) is 2.93. The standard InChI is InChI=1S/C18H21N3O3/c1-12(22)20-18-5-4-15(10-19-18)21-7-6-13-8-16(23-2)17(24-3)9-14(13)11-21/h4-5,8-10H,6-7,11H2,1-3H3,(H,19,20,22). The Balaban J connectivity index is 1.80. The van der Waals surface area contributed by atoms with E-state index < -0.39 is 0 Å². The molecule has 1 N–H and O–H groups in total. The minimum atomic E-state index is -0.122. The van der Waals surface area contributed by atoms with E-state index in [0.717, 1.165) is 36.7 Å². The van der Waals surface area contributed by atoms with Gasteiger partial charge in [-0.3, -0.25) is 4.79 Å². The van der Waals surface area contributed by atoms with Gasteiger partial charge in [0.2, 0.25) is 5.91 Å². The number of rotatable bonds is 4. The lowest BCUT2D eigenvalue weighted by molar-refractivity contribution is -0.114. The minimum absolute atomic E-state index is 0.122. The second-order valence-corrected chi connectivity index (χ2v) is 5.73. The molecule has 0 radical (unpaired) electrons. The molecule has 1 amide bonds. The van der Waals surface area contributed by atoms with Gasteiger partial charge in [-0.2, -0.15) is 0 Å². The number of pyridine rings is 1. The first-order valence-corrected chi connectivity index (χ1v) is 7.83. The van der Waals surface area contributed by atoms with Crippen LogP contribution in [-0.2, 0) is 17.8 Å². The van der Waals surface area contributed by atoms with Gasteiger partial charge in [0, 0.05) is 20.0 Å². The Kier molecular flexibility index (Phi) is 4.55. The topological polar surface area (TPSA) is 63.7 Å². The van der Waals surface area contributed by atoms with Gasteiger partial charge in [-0.05, 0) is 41.8 Å². The van der Waals surface area contributed by atoms with E-state index in [9.17, 15) is 4.79 Å². The van der Waals surface area contributed by atoms with Gasteiger partial charge in [0.15, 0.2) is 11.5 Å². The first kappa shape index (κ1) is 16.1. The number of fused-ring (bicyclic) bond motifs is 1. The van der Waals surface area contributed by atoms with E-state index in [-0.39, 0.29) is 5.91 Å². The third-order valence-electron chi connectivity index (χ3n) is 4.14. The average molecular weight is 327 g/mol. The summed E-state index contributed by atoms with van der Waals surface area (Å²) in [7, 11) is 3.30. The van der Waals surface area contributed by atoms with Crippen LogP contribution >= 0.6 is 0 Å². The van der Waals surface area contributed by atoms with Crippen molar-refractivity contribution < 1.29 is 14.3 Å². The van der Waals surface area contributed by atoms with E-state index in [1.807, 2.05) is 18.2 Å². The maximum atomic E-state index is 11.1. The Morgan fingerprint density at radius 2 is 1.88 bits per heavy atom. The van der Waals surface area contributed by atoms with Gasteiger partial charge >= 0.3 is 0 Å². The highest BCUT2D eigenvalue weighted by Crippen LogP contribution is 2.34. The van der Waals surface area contributed by atoms with E-state index in [1.54, 1.807) is 20.4 Å². The molecule has 0 aliphatic carbocycles. The number of hydrogen-bond donors (Lipinski definition) is 1. The number of carbonyl (C=O) groups is 1. The summed E-state index contributed by atoms with van der Waals surface area (Å²) in [5, 5.41) is 2.68. The van der Waals surface area contributed by atoms with Crippen LogP contribution in [0.1, 0.15) is 18.1 Å². The van der Waals surface area contributed by atoms with Gasteiger partial charge in [0.1, 0.15) is 5.82 Å². The quantitative estimate of drug-likeness (QED) is 0.935. The monoisotopic (exact) mass is 327 g/mol. The Hall–Kier alpha value is -2.76. The maximum Gasteiger partial charge on any atom is 0.222 e. The molecule has 0 unspecified atom stereocenters. The third-order valence-corrected chi connectivity index (χ3v) is 4.14. The molecule has 1 aromatic carbocycles. The van der Waals surface area contributed by atoms with Crippen LogP contribution in [0, 0.1) is 0 Å². The molecule has 24 heavy (non-hydrogen) atoms. The first-order valence-electron chi connectivity index (χ1n) is 7.83. The molecule has 6 heteroatoms.